The second-order valence-electron chi connectivity index (χ2n) is 8.62. The molecule has 1 amide bonds. The highest BCUT2D eigenvalue weighted by atomic mass is 32.2. The molecule has 0 aliphatic heterocycles. The van der Waals surface area contributed by atoms with Crippen molar-refractivity contribution in [2.75, 3.05) is 17.3 Å². The summed E-state index contributed by atoms with van der Waals surface area (Å²) in [4.78, 5) is 18.1. The van der Waals surface area contributed by atoms with Crippen molar-refractivity contribution < 1.29 is 9.53 Å². The summed E-state index contributed by atoms with van der Waals surface area (Å²) in [5.41, 5.74) is 10.2. The number of nitrogens with two attached hydrogens (primary N) is 1. The van der Waals surface area contributed by atoms with Crippen molar-refractivity contribution in [3.8, 4) is 16.9 Å². The fourth-order valence-corrected chi connectivity index (χ4v) is 4.21. The van der Waals surface area contributed by atoms with Crippen LogP contribution >= 0.6 is 11.8 Å². The fourth-order valence-electron chi connectivity index (χ4n) is 3.81. The number of hydrogen-bond donors (Lipinski definition) is 2. The molecule has 1 atom stereocenters. The molecule has 2 aromatic heterocycles. The lowest BCUT2D eigenvalue weighted by molar-refractivity contribution is 0.102. The van der Waals surface area contributed by atoms with E-state index in [2.05, 4.69) is 15.4 Å². The first kappa shape index (κ1) is 23.0. The lowest BCUT2D eigenvalue weighted by atomic mass is 10.1. The summed E-state index contributed by atoms with van der Waals surface area (Å²) in [6.45, 7) is 1.94. The Morgan fingerprint density at radius 1 is 1.14 bits per heavy atom. The van der Waals surface area contributed by atoms with Crippen molar-refractivity contribution in [3.63, 3.8) is 0 Å². The van der Waals surface area contributed by atoms with E-state index < -0.39 is 0 Å². The zero-order chi connectivity index (χ0) is 24.4. The number of rotatable bonds is 8. The van der Waals surface area contributed by atoms with Crippen LogP contribution in [0.15, 0.2) is 78.1 Å². The number of carbonyl (C=O) groups excluding carboxylic acids is 1. The van der Waals surface area contributed by atoms with Gasteiger partial charge in [-0.1, -0.05) is 12.1 Å². The monoisotopic (exact) mass is 485 g/mol. The van der Waals surface area contributed by atoms with E-state index in [1.807, 2.05) is 84.9 Å². The van der Waals surface area contributed by atoms with Crippen LogP contribution in [0.2, 0.25) is 0 Å². The molecule has 7 nitrogen and oxygen atoms in total. The molecule has 1 aliphatic rings. The van der Waals surface area contributed by atoms with E-state index in [1.165, 1.54) is 12.8 Å². The Kier molecular flexibility index (Phi) is 6.46. The third kappa shape index (κ3) is 5.33. The van der Waals surface area contributed by atoms with Gasteiger partial charge in [0.05, 0.1) is 12.2 Å². The molecule has 0 saturated heterocycles. The Balaban J connectivity index is 1.29. The molecule has 1 saturated carbocycles. The van der Waals surface area contributed by atoms with Gasteiger partial charge in [0.2, 0.25) is 0 Å². The molecule has 4 aromatic rings. The van der Waals surface area contributed by atoms with Gasteiger partial charge in [0, 0.05) is 39.7 Å². The zero-order valence-electron chi connectivity index (χ0n) is 19.6. The number of pyridine rings is 1. The maximum absolute atomic E-state index is 12.7. The molecule has 2 aromatic carbocycles. The van der Waals surface area contributed by atoms with Crippen LogP contribution in [0.1, 0.15) is 47.8 Å². The molecule has 0 unspecified atom stereocenters. The van der Waals surface area contributed by atoms with Crippen LogP contribution < -0.4 is 15.8 Å². The molecule has 0 spiro atoms. The lowest BCUT2D eigenvalue weighted by Gasteiger charge is -2.17. The number of benzene rings is 2. The molecule has 2 heterocycles. The third-order valence-electron chi connectivity index (χ3n) is 6.01. The van der Waals surface area contributed by atoms with Gasteiger partial charge in [-0.05, 0) is 74.0 Å². The first-order valence-corrected chi connectivity index (χ1v) is 12.7. The lowest BCUT2D eigenvalue weighted by Crippen LogP contribution is -2.12. The predicted molar refractivity (Wildman–Crippen MR) is 140 cm³/mol. The number of nitrogens with one attached hydrogen (secondary N) is 1. The van der Waals surface area contributed by atoms with Gasteiger partial charge in [-0.25, -0.2) is 4.98 Å². The number of thioether (sulfide) groups is 1. The second-order valence-corrected chi connectivity index (χ2v) is 9.50. The van der Waals surface area contributed by atoms with Crippen LogP contribution in [0.3, 0.4) is 0 Å². The number of anilines is 2. The minimum atomic E-state index is -0.304. The Morgan fingerprint density at radius 2 is 1.94 bits per heavy atom. The summed E-state index contributed by atoms with van der Waals surface area (Å²) in [7, 11) is 0. The maximum Gasteiger partial charge on any atom is 0.255 e. The number of aromatic nitrogens is 3. The summed E-state index contributed by atoms with van der Waals surface area (Å²) in [5, 5.41) is 7.43. The van der Waals surface area contributed by atoms with E-state index in [9.17, 15) is 4.79 Å². The highest BCUT2D eigenvalue weighted by molar-refractivity contribution is 7.98. The van der Waals surface area contributed by atoms with E-state index in [0.29, 0.717) is 28.9 Å². The van der Waals surface area contributed by atoms with Crippen LogP contribution in [0.25, 0.3) is 11.1 Å². The Hall–Kier alpha value is -3.78. The number of nitrogens with zero attached hydrogens (tertiary/aromatic N) is 3. The van der Waals surface area contributed by atoms with E-state index >= 15 is 0 Å². The van der Waals surface area contributed by atoms with E-state index in [4.69, 9.17) is 10.5 Å². The number of ether oxygens (including phenoxy) is 1. The third-order valence-corrected chi connectivity index (χ3v) is 6.75. The summed E-state index contributed by atoms with van der Waals surface area (Å²) in [5.74, 6) is 0.682. The molecule has 5 rings (SSSR count). The Morgan fingerprint density at radius 3 is 2.69 bits per heavy atom. The van der Waals surface area contributed by atoms with Gasteiger partial charge in [0.1, 0.15) is 6.10 Å². The quantitative estimate of drug-likeness (QED) is 0.298. The van der Waals surface area contributed by atoms with Crippen LogP contribution in [-0.2, 0) is 0 Å². The number of carbonyl (C=O) groups is 1. The van der Waals surface area contributed by atoms with Crippen LogP contribution in [0.5, 0.6) is 5.75 Å². The molecule has 35 heavy (non-hydrogen) atoms. The molecular formula is C27H27N5O2S. The van der Waals surface area contributed by atoms with Crippen LogP contribution in [0, 0.1) is 0 Å². The Bertz CT molecular complexity index is 1350. The SMILES string of the molecule is CSc1ccc(C(=O)Nc2cccc([C@@H](C)Oc3cc(-c4cnn(C5CC5)c4)cnc3N)c2)cc1. The maximum atomic E-state index is 12.7. The van der Waals surface area contributed by atoms with Gasteiger partial charge in [-0.3, -0.25) is 9.48 Å². The van der Waals surface area contributed by atoms with Gasteiger partial charge in [-0.15, -0.1) is 11.8 Å². The summed E-state index contributed by atoms with van der Waals surface area (Å²) in [6, 6.07) is 17.6. The van der Waals surface area contributed by atoms with E-state index in [0.717, 1.165) is 21.6 Å². The first-order chi connectivity index (χ1) is 17.0. The second kappa shape index (κ2) is 9.84. The molecule has 1 fully saturated rings. The minimum Gasteiger partial charge on any atom is -0.482 e. The van der Waals surface area contributed by atoms with Crippen LogP contribution in [0.4, 0.5) is 11.5 Å². The summed E-state index contributed by atoms with van der Waals surface area (Å²) in [6.07, 6.45) is 9.68. The Labute approximate surface area is 208 Å². The highest BCUT2D eigenvalue weighted by Gasteiger charge is 2.24. The van der Waals surface area contributed by atoms with E-state index in [1.54, 1.807) is 18.0 Å². The highest BCUT2D eigenvalue weighted by Crippen LogP contribution is 2.36. The molecular weight excluding hydrogens is 458 g/mol. The van der Waals surface area contributed by atoms with Gasteiger partial charge >= 0.3 is 0 Å². The van der Waals surface area contributed by atoms with Gasteiger partial charge in [0.25, 0.3) is 5.91 Å². The number of hydrogen-bond acceptors (Lipinski definition) is 6. The fraction of sp³-hybridized carbons (Fsp3) is 0.222. The minimum absolute atomic E-state index is 0.156. The smallest absolute Gasteiger partial charge is 0.255 e. The number of nitrogen functional groups attached to an aromatic ring is 1. The van der Waals surface area contributed by atoms with Crippen molar-refractivity contribution in [3.05, 3.63) is 84.3 Å². The summed E-state index contributed by atoms with van der Waals surface area (Å²) >= 11 is 1.64. The summed E-state index contributed by atoms with van der Waals surface area (Å²) < 4.78 is 8.21. The predicted octanol–water partition coefficient (Wildman–Crippen LogP) is 5.98. The standard InChI is InChI=1S/C27H27N5O2S/c1-17(19-4-3-5-22(12-19)31-27(33)18-6-10-24(35-2)11-7-18)34-25-13-20(14-29-26(25)28)21-15-30-32(16-21)23-8-9-23/h3-7,10-17,23H,8-9H2,1-2H3,(H2,28,29)(H,31,33)/t17-/m1/s1. The van der Waals surface area contributed by atoms with Gasteiger partial charge in [0.15, 0.2) is 11.6 Å². The van der Waals surface area contributed by atoms with Crippen molar-refractivity contribution in [1.82, 2.24) is 14.8 Å². The van der Waals surface area contributed by atoms with Crippen LogP contribution in [-0.4, -0.2) is 26.9 Å². The topological polar surface area (TPSA) is 95.1 Å². The molecule has 1 aliphatic carbocycles. The normalized spacial score (nSPS) is 13.9. The largest absolute Gasteiger partial charge is 0.482 e. The van der Waals surface area contributed by atoms with Crippen molar-refractivity contribution in [1.29, 1.82) is 0 Å². The average molecular weight is 486 g/mol. The molecule has 178 valence electrons. The molecule has 3 N–H and O–H groups in total. The zero-order valence-corrected chi connectivity index (χ0v) is 20.5. The van der Waals surface area contributed by atoms with Crippen molar-refractivity contribution in [2.45, 2.75) is 36.8 Å². The first-order valence-electron chi connectivity index (χ1n) is 11.5. The molecule has 8 heteroatoms. The molecule has 0 radical (unpaired) electrons. The average Bonchev–Trinajstić information content (AvgIpc) is 3.62. The van der Waals surface area contributed by atoms with Gasteiger partial charge < -0.3 is 15.8 Å². The van der Waals surface area contributed by atoms with E-state index in [-0.39, 0.29) is 12.0 Å². The van der Waals surface area contributed by atoms with Crippen molar-refractivity contribution >= 4 is 29.2 Å². The molecule has 0 bridgehead atoms. The van der Waals surface area contributed by atoms with Gasteiger partial charge in [-0.2, -0.15) is 5.10 Å². The van der Waals surface area contributed by atoms with Crippen molar-refractivity contribution in [2.24, 2.45) is 0 Å². The number of amides is 1.